The monoisotopic (exact) mass is 469 g/mol. The molecular weight excluding hydrogens is 442 g/mol. The number of imidazole rings is 1. The second-order valence-corrected chi connectivity index (χ2v) is 8.43. The van der Waals surface area contributed by atoms with Crippen molar-refractivity contribution in [3.05, 3.63) is 77.4 Å². The van der Waals surface area contributed by atoms with E-state index in [1.807, 2.05) is 38.5 Å². The zero-order valence-electron chi connectivity index (χ0n) is 20.3. The van der Waals surface area contributed by atoms with E-state index in [2.05, 4.69) is 33.5 Å². The summed E-state index contributed by atoms with van der Waals surface area (Å²) in [7, 11) is 1.37. The molecule has 0 saturated heterocycles. The molecule has 0 spiro atoms. The van der Waals surface area contributed by atoms with E-state index in [-0.39, 0.29) is 5.97 Å². The average Bonchev–Trinajstić information content (AvgIpc) is 3.21. The van der Waals surface area contributed by atoms with E-state index >= 15 is 0 Å². The van der Waals surface area contributed by atoms with Gasteiger partial charge in [-0.15, -0.1) is 0 Å². The molecular formula is C27H27N5O3. The van der Waals surface area contributed by atoms with E-state index < -0.39 is 0 Å². The Hall–Kier alpha value is -4.20. The van der Waals surface area contributed by atoms with Crippen LogP contribution >= 0.6 is 0 Å². The summed E-state index contributed by atoms with van der Waals surface area (Å²) in [4.78, 5) is 28.1. The molecule has 5 rings (SSSR count). The molecule has 3 aromatic heterocycles. The number of carbonyl (C=O) groups excluding carboxylic acids is 1. The van der Waals surface area contributed by atoms with Crippen molar-refractivity contribution in [3.8, 4) is 22.8 Å². The van der Waals surface area contributed by atoms with E-state index in [0.717, 1.165) is 57.8 Å². The second-order valence-electron chi connectivity index (χ2n) is 8.43. The summed E-state index contributed by atoms with van der Waals surface area (Å²) >= 11 is 0. The summed E-state index contributed by atoms with van der Waals surface area (Å²) in [5.74, 6) is 2.95. The van der Waals surface area contributed by atoms with E-state index in [1.54, 1.807) is 18.2 Å². The van der Waals surface area contributed by atoms with Crippen molar-refractivity contribution in [2.75, 3.05) is 25.2 Å². The van der Waals surface area contributed by atoms with Crippen molar-refractivity contribution in [1.29, 1.82) is 0 Å². The van der Waals surface area contributed by atoms with Crippen LogP contribution in [0.5, 0.6) is 5.75 Å². The third kappa shape index (κ3) is 4.01. The first-order valence-corrected chi connectivity index (χ1v) is 11.6. The van der Waals surface area contributed by atoms with Gasteiger partial charge >= 0.3 is 5.97 Å². The second kappa shape index (κ2) is 9.21. The number of ether oxygens (including phenoxy) is 2. The zero-order valence-corrected chi connectivity index (χ0v) is 20.3. The van der Waals surface area contributed by atoms with Gasteiger partial charge in [-0.3, -0.25) is 4.57 Å². The van der Waals surface area contributed by atoms with Crippen molar-refractivity contribution in [3.63, 3.8) is 0 Å². The van der Waals surface area contributed by atoms with Crippen LogP contribution in [0.2, 0.25) is 0 Å². The Bertz CT molecular complexity index is 1410. The molecule has 8 heteroatoms. The number of esters is 1. The maximum Gasteiger partial charge on any atom is 0.337 e. The van der Waals surface area contributed by atoms with Crippen molar-refractivity contribution >= 4 is 17.6 Å². The summed E-state index contributed by atoms with van der Waals surface area (Å²) < 4.78 is 13.0. The first kappa shape index (κ1) is 22.6. The Morgan fingerprint density at radius 1 is 1.03 bits per heavy atom. The number of hydrogen-bond donors (Lipinski definition) is 0. The zero-order chi connectivity index (χ0) is 24.5. The highest BCUT2D eigenvalue weighted by atomic mass is 16.5. The molecule has 0 unspecified atom stereocenters. The largest absolute Gasteiger partial charge is 0.493 e. The van der Waals surface area contributed by atoms with Crippen LogP contribution in [0.3, 0.4) is 0 Å². The third-order valence-electron chi connectivity index (χ3n) is 6.18. The van der Waals surface area contributed by atoms with Crippen LogP contribution in [0.15, 0.2) is 55.0 Å². The normalized spacial score (nSPS) is 11.8. The number of aryl methyl sites for hydroxylation is 2. The molecule has 0 saturated carbocycles. The average molecular weight is 470 g/mol. The SMILES string of the molecule is CCN1c2ncc(CCOc3ccc(C(=O)OC)cc3C)cc2-c2ncc(C)n2-c2cccnc21. The molecule has 0 amide bonds. The highest BCUT2D eigenvalue weighted by molar-refractivity contribution is 5.89. The highest BCUT2D eigenvalue weighted by Gasteiger charge is 2.28. The fraction of sp³-hybridized carbons (Fsp3) is 0.259. The van der Waals surface area contributed by atoms with Crippen LogP contribution in [0.25, 0.3) is 17.1 Å². The minimum absolute atomic E-state index is 0.359. The van der Waals surface area contributed by atoms with Gasteiger partial charge in [-0.25, -0.2) is 19.7 Å². The number of fused-ring (bicyclic) bond motifs is 5. The molecule has 0 bridgehead atoms. The molecule has 0 radical (unpaired) electrons. The van der Waals surface area contributed by atoms with Gasteiger partial charge in [0.25, 0.3) is 0 Å². The van der Waals surface area contributed by atoms with Crippen molar-refractivity contribution in [2.24, 2.45) is 0 Å². The summed E-state index contributed by atoms with van der Waals surface area (Å²) in [6.07, 6.45) is 6.26. The third-order valence-corrected chi connectivity index (χ3v) is 6.18. The Morgan fingerprint density at radius 2 is 1.89 bits per heavy atom. The Kier molecular flexibility index (Phi) is 5.94. The van der Waals surface area contributed by atoms with E-state index in [1.165, 1.54) is 7.11 Å². The van der Waals surface area contributed by atoms with Gasteiger partial charge in [0.05, 0.1) is 30.5 Å². The van der Waals surface area contributed by atoms with Crippen molar-refractivity contribution < 1.29 is 14.3 Å². The van der Waals surface area contributed by atoms with Gasteiger partial charge in [-0.2, -0.15) is 0 Å². The topological polar surface area (TPSA) is 82.4 Å². The predicted molar refractivity (Wildman–Crippen MR) is 134 cm³/mol. The number of methoxy groups -OCH3 is 1. The Balaban J connectivity index is 1.43. The molecule has 0 aliphatic carbocycles. The molecule has 178 valence electrons. The van der Waals surface area contributed by atoms with Gasteiger partial charge in [0, 0.05) is 37.3 Å². The number of aromatic nitrogens is 4. The van der Waals surface area contributed by atoms with Crippen molar-refractivity contribution in [2.45, 2.75) is 27.2 Å². The van der Waals surface area contributed by atoms with Gasteiger partial charge in [0.2, 0.25) is 0 Å². The summed E-state index contributed by atoms with van der Waals surface area (Å²) in [6.45, 7) is 7.27. The minimum atomic E-state index is -0.359. The number of pyridine rings is 2. The van der Waals surface area contributed by atoms with Gasteiger partial charge in [-0.05, 0) is 68.3 Å². The lowest BCUT2D eigenvalue weighted by atomic mass is 10.1. The van der Waals surface area contributed by atoms with Crippen LogP contribution in [-0.2, 0) is 11.2 Å². The maximum absolute atomic E-state index is 11.7. The molecule has 8 nitrogen and oxygen atoms in total. The fourth-order valence-electron chi connectivity index (χ4n) is 4.45. The molecule has 0 fully saturated rings. The van der Waals surface area contributed by atoms with E-state index in [4.69, 9.17) is 19.4 Å². The minimum Gasteiger partial charge on any atom is -0.493 e. The van der Waals surface area contributed by atoms with Gasteiger partial charge in [0.15, 0.2) is 5.82 Å². The first-order chi connectivity index (χ1) is 17.0. The standard InChI is InChI=1S/C27H27N5O3/c1-5-31-24-21(25-29-15-18(3)32(25)22-7-6-11-28-26(22)31)14-19(16-30-24)10-12-35-23-9-8-20(13-17(23)2)27(33)34-4/h6-9,11,13-16H,5,10,12H2,1-4H3. The summed E-state index contributed by atoms with van der Waals surface area (Å²) in [6, 6.07) is 11.5. The van der Waals surface area contributed by atoms with Crippen LogP contribution in [0.1, 0.15) is 34.1 Å². The lowest BCUT2D eigenvalue weighted by molar-refractivity contribution is 0.0600. The first-order valence-electron chi connectivity index (χ1n) is 11.6. The number of rotatable bonds is 6. The molecule has 1 aromatic carbocycles. The lowest BCUT2D eigenvalue weighted by Crippen LogP contribution is -2.20. The summed E-state index contributed by atoms with van der Waals surface area (Å²) in [5.41, 5.74) is 5.44. The Labute approximate surface area is 204 Å². The molecule has 4 heterocycles. The molecule has 1 aliphatic heterocycles. The van der Waals surface area contributed by atoms with E-state index in [0.29, 0.717) is 18.6 Å². The maximum atomic E-state index is 11.7. The highest BCUT2D eigenvalue weighted by Crippen LogP contribution is 2.40. The molecule has 0 atom stereocenters. The van der Waals surface area contributed by atoms with Gasteiger partial charge < -0.3 is 14.4 Å². The molecule has 0 N–H and O–H groups in total. The predicted octanol–water partition coefficient (Wildman–Crippen LogP) is 4.83. The van der Waals surface area contributed by atoms with Crippen LogP contribution < -0.4 is 9.64 Å². The number of hydrogen-bond acceptors (Lipinski definition) is 7. The number of benzene rings is 1. The molecule has 4 aromatic rings. The van der Waals surface area contributed by atoms with Crippen LogP contribution in [0.4, 0.5) is 11.6 Å². The molecule has 35 heavy (non-hydrogen) atoms. The van der Waals surface area contributed by atoms with Crippen LogP contribution in [0, 0.1) is 13.8 Å². The van der Waals surface area contributed by atoms with Crippen LogP contribution in [-0.4, -0.2) is 45.7 Å². The van der Waals surface area contributed by atoms with Crippen molar-refractivity contribution in [1.82, 2.24) is 19.5 Å². The smallest absolute Gasteiger partial charge is 0.337 e. The van der Waals surface area contributed by atoms with E-state index in [9.17, 15) is 4.79 Å². The fourth-order valence-corrected chi connectivity index (χ4v) is 4.45. The number of nitrogens with zero attached hydrogens (tertiary/aromatic N) is 5. The molecule has 1 aliphatic rings. The lowest BCUT2D eigenvalue weighted by Gasteiger charge is -2.22. The number of carbonyl (C=O) groups is 1. The number of anilines is 2. The summed E-state index contributed by atoms with van der Waals surface area (Å²) in [5, 5.41) is 0. The van der Waals surface area contributed by atoms with Gasteiger partial charge in [0.1, 0.15) is 17.4 Å². The van der Waals surface area contributed by atoms with Gasteiger partial charge in [-0.1, -0.05) is 0 Å². The quantitative estimate of drug-likeness (QED) is 0.374. The Morgan fingerprint density at radius 3 is 2.66 bits per heavy atom.